The van der Waals surface area contributed by atoms with Crippen molar-refractivity contribution in [3.63, 3.8) is 0 Å². The molecule has 6 nitrogen and oxygen atoms in total. The number of rotatable bonds is 5. The topological polar surface area (TPSA) is 90.8 Å². The zero-order chi connectivity index (χ0) is 21.2. The fourth-order valence-electron chi connectivity index (χ4n) is 2.82. The lowest BCUT2D eigenvalue weighted by atomic mass is 9.90. The molecule has 1 N–H and O–H groups in total. The number of anilines is 1. The van der Waals surface area contributed by atoms with E-state index in [4.69, 9.17) is 4.84 Å². The Labute approximate surface area is 161 Å². The lowest BCUT2D eigenvalue weighted by Crippen LogP contribution is -2.47. The van der Waals surface area contributed by atoms with E-state index in [2.05, 4.69) is 10.5 Å². The zero-order valence-electron chi connectivity index (χ0n) is 14.6. The van der Waals surface area contributed by atoms with Crippen LogP contribution >= 0.6 is 0 Å². The van der Waals surface area contributed by atoms with Crippen molar-refractivity contribution in [2.45, 2.75) is 24.6 Å². The second-order valence-electron chi connectivity index (χ2n) is 6.39. The number of alkyl halides is 3. The number of aliphatic carboxylic acids is 1. The standard InChI is InChI=1S/C19H14F4N2O4/c20-13-6-4-11(5-7-13)15-9-18(29-25-15,10-16(26)27)17(28)24-14-3-1-2-12(8-14)19(21,22)23/h1-8H,9-10H2,(H,24,28)(H,26,27)/p-1/t18-/m0/s1. The van der Waals surface area contributed by atoms with Gasteiger partial charge >= 0.3 is 6.18 Å². The number of benzene rings is 2. The summed E-state index contributed by atoms with van der Waals surface area (Å²) in [5, 5.41) is 17.1. The number of carboxylic acids is 1. The molecule has 0 bridgehead atoms. The van der Waals surface area contributed by atoms with E-state index in [0.717, 1.165) is 24.3 Å². The van der Waals surface area contributed by atoms with Crippen LogP contribution in [0.1, 0.15) is 24.0 Å². The molecule has 10 heteroatoms. The SMILES string of the molecule is O=C([O-])C[C@]1(C(=O)Nc2cccc(C(F)(F)F)c2)CC(c2ccc(F)cc2)=NO1. The molecule has 3 rings (SSSR count). The predicted molar refractivity (Wildman–Crippen MR) is 91.1 cm³/mol. The highest BCUT2D eigenvalue weighted by Crippen LogP contribution is 2.33. The van der Waals surface area contributed by atoms with E-state index >= 15 is 0 Å². The molecule has 0 radical (unpaired) electrons. The van der Waals surface area contributed by atoms with Crippen LogP contribution in [0.3, 0.4) is 0 Å². The summed E-state index contributed by atoms with van der Waals surface area (Å²) in [6, 6.07) is 8.90. The maximum Gasteiger partial charge on any atom is 0.416 e. The Morgan fingerprint density at radius 2 is 1.86 bits per heavy atom. The summed E-state index contributed by atoms with van der Waals surface area (Å²) in [6.07, 6.45) is -5.80. The lowest BCUT2D eigenvalue weighted by Gasteiger charge is -2.26. The molecule has 0 saturated heterocycles. The summed E-state index contributed by atoms with van der Waals surface area (Å²) in [4.78, 5) is 29.0. The molecule has 0 aliphatic carbocycles. The predicted octanol–water partition coefficient (Wildman–Crippen LogP) is 2.49. The summed E-state index contributed by atoms with van der Waals surface area (Å²) in [7, 11) is 0. The van der Waals surface area contributed by atoms with Crippen molar-refractivity contribution in [3.8, 4) is 0 Å². The van der Waals surface area contributed by atoms with Crippen molar-refractivity contribution in [1.29, 1.82) is 0 Å². The zero-order valence-corrected chi connectivity index (χ0v) is 14.6. The van der Waals surface area contributed by atoms with E-state index in [1.807, 2.05) is 0 Å². The van der Waals surface area contributed by atoms with Gasteiger partial charge < -0.3 is 20.1 Å². The first kappa shape index (κ1) is 20.3. The Hall–Kier alpha value is -3.43. The lowest BCUT2D eigenvalue weighted by molar-refractivity contribution is -0.309. The number of hydrogen-bond acceptors (Lipinski definition) is 5. The minimum Gasteiger partial charge on any atom is -0.550 e. The minimum atomic E-state index is -4.62. The Balaban J connectivity index is 1.83. The maximum absolute atomic E-state index is 13.1. The summed E-state index contributed by atoms with van der Waals surface area (Å²) >= 11 is 0. The molecule has 1 aliphatic rings. The van der Waals surface area contributed by atoms with Gasteiger partial charge in [-0.3, -0.25) is 4.79 Å². The number of carbonyl (C=O) groups excluding carboxylic acids is 2. The van der Waals surface area contributed by atoms with E-state index in [0.29, 0.717) is 11.6 Å². The van der Waals surface area contributed by atoms with Crippen molar-refractivity contribution in [3.05, 3.63) is 65.5 Å². The molecule has 1 amide bonds. The second-order valence-corrected chi connectivity index (χ2v) is 6.39. The van der Waals surface area contributed by atoms with Gasteiger partial charge in [0.05, 0.1) is 11.3 Å². The molecule has 0 unspecified atom stereocenters. The summed E-state index contributed by atoms with van der Waals surface area (Å²) < 4.78 is 51.6. The number of oxime groups is 1. The number of nitrogens with one attached hydrogen (secondary N) is 1. The molecule has 1 heterocycles. The van der Waals surface area contributed by atoms with Crippen LogP contribution in [0.4, 0.5) is 23.2 Å². The molecule has 0 fully saturated rings. The van der Waals surface area contributed by atoms with Crippen LogP contribution in [0.15, 0.2) is 53.7 Å². The first-order chi connectivity index (χ1) is 13.6. The largest absolute Gasteiger partial charge is 0.550 e. The Bertz CT molecular complexity index is 973. The van der Waals surface area contributed by atoms with Gasteiger partial charge in [0.1, 0.15) is 5.82 Å². The number of hydrogen-bond donors (Lipinski definition) is 1. The van der Waals surface area contributed by atoms with Gasteiger partial charge in [0.2, 0.25) is 5.60 Å². The van der Waals surface area contributed by atoms with Crippen LogP contribution in [0.5, 0.6) is 0 Å². The number of carboxylic acid groups (broad SMARTS) is 1. The van der Waals surface area contributed by atoms with Crippen LogP contribution in [0.25, 0.3) is 0 Å². The van der Waals surface area contributed by atoms with Gasteiger partial charge in [-0.2, -0.15) is 13.2 Å². The monoisotopic (exact) mass is 409 g/mol. The van der Waals surface area contributed by atoms with Gasteiger partial charge in [-0.1, -0.05) is 23.4 Å². The number of halogens is 4. The fraction of sp³-hybridized carbons (Fsp3) is 0.211. The van der Waals surface area contributed by atoms with E-state index in [9.17, 15) is 32.3 Å². The normalized spacial score (nSPS) is 18.7. The Morgan fingerprint density at radius 1 is 1.17 bits per heavy atom. The van der Waals surface area contributed by atoms with Gasteiger partial charge in [0.25, 0.3) is 5.91 Å². The van der Waals surface area contributed by atoms with Gasteiger partial charge in [-0.05, 0) is 35.9 Å². The first-order valence-electron chi connectivity index (χ1n) is 8.29. The molecule has 0 aromatic heterocycles. The van der Waals surface area contributed by atoms with Crippen molar-refractivity contribution < 1.29 is 37.1 Å². The van der Waals surface area contributed by atoms with E-state index in [-0.39, 0.29) is 17.8 Å². The average Bonchev–Trinajstić information content (AvgIpc) is 3.06. The third-order valence-electron chi connectivity index (χ3n) is 4.25. The smallest absolute Gasteiger partial charge is 0.416 e. The quantitative estimate of drug-likeness (QED) is 0.769. The molecule has 0 spiro atoms. The maximum atomic E-state index is 13.1. The Kier molecular flexibility index (Phi) is 5.27. The van der Waals surface area contributed by atoms with Gasteiger partial charge in [0, 0.05) is 24.5 Å². The molecule has 1 atom stereocenters. The third-order valence-corrected chi connectivity index (χ3v) is 4.25. The average molecular weight is 409 g/mol. The number of carbonyl (C=O) groups is 2. The summed E-state index contributed by atoms with van der Waals surface area (Å²) in [5.74, 6) is -3.11. The first-order valence-corrected chi connectivity index (χ1v) is 8.29. The van der Waals surface area contributed by atoms with E-state index < -0.39 is 41.5 Å². The van der Waals surface area contributed by atoms with Gasteiger partial charge in [-0.15, -0.1) is 0 Å². The fourth-order valence-corrected chi connectivity index (χ4v) is 2.82. The van der Waals surface area contributed by atoms with Crippen LogP contribution in [-0.2, 0) is 20.6 Å². The highest BCUT2D eigenvalue weighted by molar-refractivity contribution is 6.09. The highest BCUT2D eigenvalue weighted by Gasteiger charge is 2.47. The van der Waals surface area contributed by atoms with Gasteiger partial charge in [-0.25, -0.2) is 4.39 Å². The molecule has 0 saturated carbocycles. The summed E-state index contributed by atoms with van der Waals surface area (Å²) in [5.41, 5.74) is -2.61. The molecule has 2 aromatic carbocycles. The van der Waals surface area contributed by atoms with Crippen molar-refractivity contribution in [2.24, 2.45) is 5.16 Å². The molecule has 1 aliphatic heterocycles. The van der Waals surface area contributed by atoms with Crippen LogP contribution in [0, 0.1) is 5.82 Å². The minimum absolute atomic E-state index is 0.186. The summed E-state index contributed by atoms with van der Waals surface area (Å²) in [6.45, 7) is 0. The van der Waals surface area contributed by atoms with E-state index in [1.54, 1.807) is 0 Å². The highest BCUT2D eigenvalue weighted by atomic mass is 19.4. The van der Waals surface area contributed by atoms with Crippen LogP contribution in [0.2, 0.25) is 0 Å². The Morgan fingerprint density at radius 3 is 2.48 bits per heavy atom. The second kappa shape index (κ2) is 7.53. The molecule has 2 aromatic rings. The van der Waals surface area contributed by atoms with Crippen molar-refractivity contribution in [2.75, 3.05) is 5.32 Å². The van der Waals surface area contributed by atoms with Crippen molar-refractivity contribution >= 4 is 23.3 Å². The van der Waals surface area contributed by atoms with Crippen molar-refractivity contribution in [1.82, 2.24) is 0 Å². The molecule has 29 heavy (non-hydrogen) atoms. The van der Waals surface area contributed by atoms with E-state index in [1.165, 1.54) is 18.2 Å². The van der Waals surface area contributed by atoms with Crippen LogP contribution < -0.4 is 10.4 Å². The van der Waals surface area contributed by atoms with Gasteiger partial charge in [0.15, 0.2) is 0 Å². The third kappa shape index (κ3) is 4.53. The molecule has 152 valence electrons. The number of nitrogens with zero attached hydrogens (tertiary/aromatic N) is 1. The molecular formula is C19H13F4N2O4-. The molecular weight excluding hydrogens is 396 g/mol. The number of amides is 1. The van der Waals surface area contributed by atoms with Crippen LogP contribution in [-0.4, -0.2) is 23.2 Å².